The topological polar surface area (TPSA) is 61.9 Å². The first-order valence-corrected chi connectivity index (χ1v) is 4.25. The molecule has 0 fully saturated rings. The van der Waals surface area contributed by atoms with Gasteiger partial charge in [-0.3, -0.25) is 4.79 Å². The predicted octanol–water partition coefficient (Wildman–Crippen LogP) is 0.406. The molecular weight excluding hydrogens is 180 g/mol. The van der Waals surface area contributed by atoms with Crippen LogP contribution in [0.4, 0.5) is 0 Å². The second-order valence-corrected chi connectivity index (χ2v) is 3.06. The summed E-state index contributed by atoms with van der Waals surface area (Å²) in [5.41, 5.74) is 0.410. The smallest absolute Gasteiger partial charge is 0.273 e. The zero-order valence-electron chi connectivity index (χ0n) is 8.27. The number of hydrogen-bond acceptors (Lipinski definition) is 3. The van der Waals surface area contributed by atoms with Crippen molar-refractivity contribution in [1.29, 1.82) is 5.26 Å². The van der Waals surface area contributed by atoms with E-state index in [1.807, 2.05) is 6.07 Å². The molecule has 0 unspecified atom stereocenters. The van der Waals surface area contributed by atoms with Gasteiger partial charge in [0.1, 0.15) is 5.69 Å². The molecule has 0 spiro atoms. The van der Waals surface area contributed by atoms with Crippen molar-refractivity contribution in [1.82, 2.24) is 14.5 Å². The van der Waals surface area contributed by atoms with Crippen LogP contribution in [0.2, 0.25) is 0 Å². The molecular formula is C9H12N4O. The Kier molecular flexibility index (Phi) is 3.24. The Morgan fingerprint density at radius 2 is 2.50 bits per heavy atom. The highest BCUT2D eigenvalue weighted by Crippen LogP contribution is 2.00. The molecule has 1 heterocycles. The van der Waals surface area contributed by atoms with Crippen molar-refractivity contribution in [3.63, 3.8) is 0 Å². The van der Waals surface area contributed by atoms with E-state index in [1.165, 1.54) is 4.90 Å². The molecule has 0 N–H and O–H groups in total. The Bertz CT molecular complexity index is 363. The maximum absolute atomic E-state index is 11.6. The first-order valence-electron chi connectivity index (χ1n) is 4.25. The van der Waals surface area contributed by atoms with Gasteiger partial charge < -0.3 is 9.47 Å². The fourth-order valence-electron chi connectivity index (χ4n) is 1.04. The van der Waals surface area contributed by atoms with Crippen LogP contribution in [-0.4, -0.2) is 34.0 Å². The third-order valence-electron chi connectivity index (χ3n) is 1.83. The summed E-state index contributed by atoms with van der Waals surface area (Å²) >= 11 is 0. The molecule has 1 rings (SSSR count). The van der Waals surface area contributed by atoms with Crippen molar-refractivity contribution in [3.8, 4) is 6.07 Å². The van der Waals surface area contributed by atoms with E-state index in [-0.39, 0.29) is 5.91 Å². The molecule has 1 aromatic heterocycles. The molecule has 1 amide bonds. The summed E-state index contributed by atoms with van der Waals surface area (Å²) in [6.07, 6.45) is 3.58. The van der Waals surface area contributed by atoms with Crippen molar-refractivity contribution < 1.29 is 4.79 Å². The molecule has 0 saturated carbocycles. The van der Waals surface area contributed by atoms with E-state index in [0.717, 1.165) is 0 Å². The van der Waals surface area contributed by atoms with E-state index < -0.39 is 0 Å². The van der Waals surface area contributed by atoms with Crippen LogP contribution in [-0.2, 0) is 7.05 Å². The highest BCUT2D eigenvalue weighted by Gasteiger charge is 2.13. The summed E-state index contributed by atoms with van der Waals surface area (Å²) < 4.78 is 1.71. The number of carbonyl (C=O) groups excluding carboxylic acids is 1. The Labute approximate surface area is 82.6 Å². The number of aryl methyl sites for hydroxylation is 1. The van der Waals surface area contributed by atoms with Gasteiger partial charge in [0.25, 0.3) is 5.91 Å². The minimum Gasteiger partial charge on any atom is -0.340 e. The Morgan fingerprint density at radius 1 is 1.79 bits per heavy atom. The van der Waals surface area contributed by atoms with Crippen LogP contribution in [0, 0.1) is 11.3 Å². The third-order valence-corrected chi connectivity index (χ3v) is 1.83. The second kappa shape index (κ2) is 4.42. The van der Waals surface area contributed by atoms with Crippen LogP contribution in [0.5, 0.6) is 0 Å². The first kappa shape index (κ1) is 10.3. The number of aromatic nitrogens is 2. The van der Waals surface area contributed by atoms with Gasteiger partial charge in [0, 0.05) is 26.8 Å². The van der Waals surface area contributed by atoms with Crippen molar-refractivity contribution in [3.05, 3.63) is 18.2 Å². The first-order chi connectivity index (χ1) is 6.65. The predicted molar refractivity (Wildman–Crippen MR) is 50.4 cm³/mol. The van der Waals surface area contributed by atoms with Crippen LogP contribution < -0.4 is 0 Å². The molecule has 5 heteroatoms. The lowest BCUT2D eigenvalue weighted by Gasteiger charge is -2.13. The molecule has 0 aromatic carbocycles. The molecule has 0 saturated heterocycles. The normalized spacial score (nSPS) is 9.50. The largest absolute Gasteiger partial charge is 0.340 e. The molecule has 14 heavy (non-hydrogen) atoms. The van der Waals surface area contributed by atoms with Crippen LogP contribution >= 0.6 is 0 Å². The zero-order chi connectivity index (χ0) is 10.6. The summed E-state index contributed by atoms with van der Waals surface area (Å²) in [6.45, 7) is 0.436. The average Bonchev–Trinajstić information content (AvgIpc) is 2.60. The van der Waals surface area contributed by atoms with Gasteiger partial charge in [0.2, 0.25) is 0 Å². The maximum Gasteiger partial charge on any atom is 0.273 e. The van der Waals surface area contributed by atoms with Gasteiger partial charge in [0.15, 0.2) is 0 Å². The summed E-state index contributed by atoms with van der Waals surface area (Å²) in [4.78, 5) is 17.0. The molecule has 1 aromatic rings. The fraction of sp³-hybridized carbons (Fsp3) is 0.444. The van der Waals surface area contributed by atoms with Gasteiger partial charge in [-0.25, -0.2) is 4.98 Å². The standard InChI is InChI=1S/C9H12N4O/c1-12-6-8(11-7-12)9(14)13(2)5-3-4-10/h6-7H,3,5H2,1-2H3. The number of nitrogens with zero attached hydrogens (tertiary/aromatic N) is 4. The summed E-state index contributed by atoms with van der Waals surface area (Å²) in [6, 6.07) is 1.99. The Hall–Kier alpha value is -1.83. The fourth-order valence-corrected chi connectivity index (χ4v) is 1.04. The van der Waals surface area contributed by atoms with Crippen molar-refractivity contribution >= 4 is 5.91 Å². The highest BCUT2D eigenvalue weighted by molar-refractivity contribution is 5.91. The number of rotatable bonds is 3. The quantitative estimate of drug-likeness (QED) is 0.696. The number of nitriles is 1. The molecule has 0 radical (unpaired) electrons. The molecule has 74 valence electrons. The minimum atomic E-state index is -0.152. The monoisotopic (exact) mass is 192 g/mol. The third kappa shape index (κ3) is 2.33. The van der Waals surface area contributed by atoms with Gasteiger partial charge in [0.05, 0.1) is 18.8 Å². The van der Waals surface area contributed by atoms with E-state index in [0.29, 0.717) is 18.7 Å². The average molecular weight is 192 g/mol. The highest BCUT2D eigenvalue weighted by atomic mass is 16.2. The van der Waals surface area contributed by atoms with Gasteiger partial charge in [-0.2, -0.15) is 5.26 Å². The summed E-state index contributed by atoms with van der Waals surface area (Å²) in [5.74, 6) is -0.152. The van der Waals surface area contributed by atoms with E-state index in [9.17, 15) is 4.79 Å². The minimum absolute atomic E-state index is 0.152. The molecule has 0 aliphatic rings. The zero-order valence-corrected chi connectivity index (χ0v) is 8.27. The van der Waals surface area contributed by atoms with Gasteiger partial charge in [-0.05, 0) is 0 Å². The van der Waals surface area contributed by atoms with Crippen LogP contribution in [0.15, 0.2) is 12.5 Å². The SMILES string of the molecule is CN(CCC#N)C(=O)c1cn(C)cn1. The summed E-state index contributed by atoms with van der Waals surface area (Å²) in [5, 5.41) is 8.36. The lowest BCUT2D eigenvalue weighted by molar-refractivity contribution is 0.0792. The van der Waals surface area contributed by atoms with Gasteiger partial charge >= 0.3 is 0 Å². The van der Waals surface area contributed by atoms with Gasteiger partial charge in [-0.15, -0.1) is 0 Å². The lowest BCUT2D eigenvalue weighted by Crippen LogP contribution is -2.27. The molecule has 0 bridgehead atoms. The number of carbonyl (C=O) groups is 1. The summed E-state index contributed by atoms with van der Waals surface area (Å²) in [7, 11) is 3.47. The van der Waals surface area contributed by atoms with E-state index in [2.05, 4.69) is 4.98 Å². The molecule has 0 atom stereocenters. The molecule has 0 aliphatic heterocycles. The van der Waals surface area contributed by atoms with Crippen molar-refractivity contribution in [2.45, 2.75) is 6.42 Å². The lowest BCUT2D eigenvalue weighted by atomic mass is 10.3. The van der Waals surface area contributed by atoms with Crippen molar-refractivity contribution in [2.24, 2.45) is 7.05 Å². The van der Waals surface area contributed by atoms with Gasteiger partial charge in [-0.1, -0.05) is 0 Å². The maximum atomic E-state index is 11.6. The number of hydrogen-bond donors (Lipinski definition) is 0. The number of amides is 1. The molecule has 5 nitrogen and oxygen atoms in total. The van der Waals surface area contributed by atoms with Crippen LogP contribution in [0.25, 0.3) is 0 Å². The Balaban J connectivity index is 2.62. The van der Waals surface area contributed by atoms with E-state index in [1.54, 1.807) is 31.2 Å². The molecule has 0 aliphatic carbocycles. The van der Waals surface area contributed by atoms with Crippen LogP contribution in [0.3, 0.4) is 0 Å². The Morgan fingerprint density at radius 3 is 3.00 bits per heavy atom. The van der Waals surface area contributed by atoms with Crippen LogP contribution in [0.1, 0.15) is 16.9 Å². The second-order valence-electron chi connectivity index (χ2n) is 3.06. The van der Waals surface area contributed by atoms with E-state index >= 15 is 0 Å². The number of imidazole rings is 1. The van der Waals surface area contributed by atoms with Crippen molar-refractivity contribution in [2.75, 3.05) is 13.6 Å². The van der Waals surface area contributed by atoms with E-state index in [4.69, 9.17) is 5.26 Å².